The molecule has 5 heteroatoms. The summed E-state index contributed by atoms with van der Waals surface area (Å²) in [4.78, 5) is 17.7. The number of rotatable bonds is 7. The molecule has 140 valence electrons. The Bertz CT molecular complexity index is 1070. The van der Waals surface area contributed by atoms with Gasteiger partial charge >= 0.3 is 0 Å². The molecule has 4 rings (SSSR count). The normalized spacial score (nSPS) is 12.2. The summed E-state index contributed by atoms with van der Waals surface area (Å²) >= 11 is 5.95. The van der Waals surface area contributed by atoms with Crippen molar-refractivity contribution >= 4 is 23.0 Å². The lowest BCUT2D eigenvalue weighted by molar-refractivity contribution is 0.0937. The van der Waals surface area contributed by atoms with Crippen LogP contribution in [0.2, 0.25) is 5.02 Å². The predicted octanol–water partition coefficient (Wildman–Crippen LogP) is 4.74. The number of ketones is 1. The van der Waals surface area contributed by atoms with Crippen LogP contribution in [0, 0.1) is 0 Å². The molecule has 0 radical (unpaired) electrons. The van der Waals surface area contributed by atoms with Crippen molar-refractivity contribution in [2.45, 2.75) is 12.5 Å². The first kappa shape index (κ1) is 18.4. The summed E-state index contributed by atoms with van der Waals surface area (Å²) in [6.07, 6.45) is 4.32. The van der Waals surface area contributed by atoms with Gasteiger partial charge in [-0.05, 0) is 41.8 Å². The Balaban J connectivity index is 1.57. The van der Waals surface area contributed by atoms with E-state index in [9.17, 15) is 4.79 Å². The van der Waals surface area contributed by atoms with Gasteiger partial charge in [0.2, 0.25) is 5.78 Å². The third kappa shape index (κ3) is 3.98. The number of Topliss-reactive ketones (excluding diaryl/α,β-unsaturated/α-hetero) is 1. The Morgan fingerprint density at radius 3 is 2.54 bits per heavy atom. The monoisotopic (exact) mass is 389 g/mol. The molecule has 0 amide bonds. The van der Waals surface area contributed by atoms with Crippen LogP contribution in [0.15, 0.2) is 85.2 Å². The maximum Gasteiger partial charge on any atom is 0.202 e. The molecule has 0 saturated heterocycles. The van der Waals surface area contributed by atoms with E-state index < -0.39 is 6.04 Å². The SMILES string of the molecule is O=C(c1cnc2ccccn12)C(NCCc1ccc(Cl)cc1)c1ccccc1. The minimum atomic E-state index is -0.436. The molecular weight excluding hydrogens is 370 g/mol. The lowest BCUT2D eigenvalue weighted by Gasteiger charge is -2.18. The Labute approximate surface area is 168 Å². The molecule has 1 atom stereocenters. The van der Waals surface area contributed by atoms with Crippen molar-refractivity contribution in [2.75, 3.05) is 6.54 Å². The lowest BCUT2D eigenvalue weighted by atomic mass is 10.0. The van der Waals surface area contributed by atoms with E-state index in [1.165, 1.54) is 5.56 Å². The molecule has 28 heavy (non-hydrogen) atoms. The van der Waals surface area contributed by atoms with Crippen molar-refractivity contribution < 1.29 is 4.79 Å². The number of nitrogens with one attached hydrogen (secondary N) is 1. The Hall–Kier alpha value is -2.95. The molecule has 0 aliphatic carbocycles. The fraction of sp³-hybridized carbons (Fsp3) is 0.130. The number of carbonyl (C=O) groups excluding carboxylic acids is 1. The number of benzene rings is 2. The second kappa shape index (κ2) is 8.38. The van der Waals surface area contributed by atoms with Gasteiger partial charge in [-0.3, -0.25) is 9.20 Å². The molecule has 0 saturated carbocycles. The highest BCUT2D eigenvalue weighted by atomic mass is 35.5. The fourth-order valence-electron chi connectivity index (χ4n) is 3.28. The van der Waals surface area contributed by atoms with Gasteiger partial charge in [-0.1, -0.05) is 60.1 Å². The largest absolute Gasteiger partial charge is 0.303 e. The highest BCUT2D eigenvalue weighted by Crippen LogP contribution is 2.20. The van der Waals surface area contributed by atoms with Crippen molar-refractivity contribution in [1.29, 1.82) is 0 Å². The summed E-state index contributed by atoms with van der Waals surface area (Å²) in [6.45, 7) is 0.670. The second-order valence-corrected chi connectivity index (χ2v) is 7.05. The standard InChI is InChI=1S/C23H20ClN3O/c24-19-11-9-17(10-12-19)13-14-25-22(18-6-2-1-3-7-18)23(28)20-16-26-21-8-4-5-15-27(20)21/h1-12,15-16,22,25H,13-14H2. The molecule has 1 N–H and O–H groups in total. The molecule has 2 heterocycles. The minimum absolute atomic E-state index is 0.000932. The predicted molar refractivity (Wildman–Crippen MR) is 112 cm³/mol. The Morgan fingerprint density at radius 2 is 1.75 bits per heavy atom. The van der Waals surface area contributed by atoms with Gasteiger partial charge in [0.15, 0.2) is 0 Å². The molecule has 2 aromatic carbocycles. The number of fused-ring (bicyclic) bond motifs is 1. The third-order valence-corrected chi connectivity index (χ3v) is 4.99. The van der Waals surface area contributed by atoms with E-state index in [4.69, 9.17) is 11.6 Å². The van der Waals surface area contributed by atoms with Crippen LogP contribution in [0.4, 0.5) is 0 Å². The number of hydrogen-bond acceptors (Lipinski definition) is 3. The zero-order valence-corrected chi connectivity index (χ0v) is 16.0. The molecule has 0 aliphatic rings. The molecular formula is C23H20ClN3O. The van der Waals surface area contributed by atoms with Crippen LogP contribution in [0.3, 0.4) is 0 Å². The quantitative estimate of drug-likeness (QED) is 0.464. The summed E-state index contributed by atoms with van der Waals surface area (Å²) in [5.74, 6) is 0.000932. The smallest absolute Gasteiger partial charge is 0.202 e. The molecule has 2 aromatic heterocycles. The van der Waals surface area contributed by atoms with Gasteiger partial charge in [-0.25, -0.2) is 4.98 Å². The summed E-state index contributed by atoms with van der Waals surface area (Å²) in [5, 5.41) is 4.15. The minimum Gasteiger partial charge on any atom is -0.303 e. The van der Waals surface area contributed by atoms with Crippen molar-refractivity contribution in [3.05, 3.63) is 107 Å². The maximum atomic E-state index is 13.4. The van der Waals surface area contributed by atoms with E-state index >= 15 is 0 Å². The number of carbonyl (C=O) groups is 1. The van der Waals surface area contributed by atoms with E-state index in [1.807, 2.05) is 83.4 Å². The van der Waals surface area contributed by atoms with E-state index in [-0.39, 0.29) is 5.78 Å². The fourth-order valence-corrected chi connectivity index (χ4v) is 3.41. The zero-order chi connectivity index (χ0) is 19.3. The molecule has 0 spiro atoms. The van der Waals surface area contributed by atoms with Gasteiger partial charge in [-0.15, -0.1) is 0 Å². The number of pyridine rings is 1. The van der Waals surface area contributed by atoms with E-state index in [1.54, 1.807) is 6.20 Å². The zero-order valence-electron chi connectivity index (χ0n) is 15.3. The van der Waals surface area contributed by atoms with Crippen molar-refractivity contribution in [3.8, 4) is 0 Å². The Kier molecular flexibility index (Phi) is 5.51. The van der Waals surface area contributed by atoms with Crippen LogP contribution < -0.4 is 5.32 Å². The highest BCUT2D eigenvalue weighted by molar-refractivity contribution is 6.30. The number of nitrogens with zero attached hydrogens (tertiary/aromatic N) is 2. The van der Waals surface area contributed by atoms with Gasteiger partial charge in [0.1, 0.15) is 11.3 Å². The summed E-state index contributed by atoms with van der Waals surface area (Å²) < 4.78 is 1.83. The molecule has 0 bridgehead atoms. The number of imidazole rings is 1. The first-order chi connectivity index (χ1) is 13.7. The van der Waals surface area contributed by atoms with Crippen LogP contribution in [-0.4, -0.2) is 21.7 Å². The van der Waals surface area contributed by atoms with Crippen molar-refractivity contribution in [3.63, 3.8) is 0 Å². The van der Waals surface area contributed by atoms with E-state index in [0.29, 0.717) is 12.2 Å². The average molecular weight is 390 g/mol. The molecule has 0 aliphatic heterocycles. The van der Waals surface area contributed by atoms with Crippen LogP contribution in [0.25, 0.3) is 5.65 Å². The average Bonchev–Trinajstić information content (AvgIpc) is 3.17. The topological polar surface area (TPSA) is 46.4 Å². The first-order valence-electron chi connectivity index (χ1n) is 9.21. The second-order valence-electron chi connectivity index (χ2n) is 6.61. The van der Waals surface area contributed by atoms with Gasteiger partial charge in [0, 0.05) is 17.8 Å². The van der Waals surface area contributed by atoms with E-state index in [2.05, 4.69) is 10.3 Å². The highest BCUT2D eigenvalue weighted by Gasteiger charge is 2.24. The van der Waals surface area contributed by atoms with Crippen molar-refractivity contribution in [1.82, 2.24) is 14.7 Å². The molecule has 0 fully saturated rings. The number of aromatic nitrogens is 2. The van der Waals surface area contributed by atoms with Crippen LogP contribution in [0.5, 0.6) is 0 Å². The molecule has 4 nitrogen and oxygen atoms in total. The number of halogens is 1. The van der Waals surface area contributed by atoms with Crippen molar-refractivity contribution in [2.24, 2.45) is 0 Å². The molecule has 4 aromatic rings. The van der Waals surface area contributed by atoms with Crippen LogP contribution in [0.1, 0.15) is 27.7 Å². The summed E-state index contributed by atoms with van der Waals surface area (Å²) in [6, 6.07) is 22.8. The van der Waals surface area contributed by atoms with Crippen LogP contribution >= 0.6 is 11.6 Å². The lowest BCUT2D eigenvalue weighted by Crippen LogP contribution is -2.31. The van der Waals surface area contributed by atoms with E-state index in [0.717, 1.165) is 22.7 Å². The van der Waals surface area contributed by atoms with Gasteiger partial charge in [0.25, 0.3) is 0 Å². The van der Waals surface area contributed by atoms with Crippen LogP contribution in [-0.2, 0) is 6.42 Å². The molecule has 1 unspecified atom stereocenters. The maximum absolute atomic E-state index is 13.4. The Morgan fingerprint density at radius 1 is 1.00 bits per heavy atom. The summed E-state index contributed by atoms with van der Waals surface area (Å²) in [5.41, 5.74) is 3.45. The number of hydrogen-bond donors (Lipinski definition) is 1. The van der Waals surface area contributed by atoms with Gasteiger partial charge < -0.3 is 5.32 Å². The summed E-state index contributed by atoms with van der Waals surface area (Å²) in [7, 11) is 0. The van der Waals surface area contributed by atoms with Gasteiger partial charge in [-0.2, -0.15) is 0 Å². The third-order valence-electron chi connectivity index (χ3n) is 4.74. The van der Waals surface area contributed by atoms with Gasteiger partial charge in [0.05, 0.1) is 12.2 Å². The first-order valence-corrected chi connectivity index (χ1v) is 9.59.